The van der Waals surface area contributed by atoms with Crippen LogP contribution in [0.5, 0.6) is 0 Å². The minimum Gasteiger partial charge on any atom is -0.481 e. The van der Waals surface area contributed by atoms with Crippen LogP contribution in [0.4, 0.5) is 0 Å². The molecule has 0 unspecified atom stereocenters. The topological polar surface area (TPSA) is 66.4 Å². The van der Waals surface area contributed by atoms with Gasteiger partial charge >= 0.3 is 5.97 Å². The molecule has 1 aromatic carbocycles. The van der Waals surface area contributed by atoms with E-state index in [0.29, 0.717) is 32.2 Å². The van der Waals surface area contributed by atoms with Crippen LogP contribution in [-0.2, 0) is 16.1 Å². The molecule has 1 amide bonds. The Labute approximate surface area is 135 Å². The maximum Gasteiger partial charge on any atom is 0.306 e. The monoisotopic (exact) mass is 321 g/mol. The van der Waals surface area contributed by atoms with E-state index in [-0.39, 0.29) is 17.7 Å². The number of rotatable bonds is 5. The van der Waals surface area contributed by atoms with E-state index in [1.54, 1.807) is 11.8 Å². The van der Waals surface area contributed by atoms with E-state index < -0.39 is 5.97 Å². The fourth-order valence-corrected chi connectivity index (χ4v) is 3.63. The van der Waals surface area contributed by atoms with Gasteiger partial charge in [-0.25, -0.2) is 0 Å². The number of hydrogen-bond donors (Lipinski definition) is 2. The summed E-state index contributed by atoms with van der Waals surface area (Å²) in [5.74, 6) is -0.998. The van der Waals surface area contributed by atoms with Crippen LogP contribution in [-0.4, -0.2) is 23.2 Å². The molecule has 22 heavy (non-hydrogen) atoms. The second-order valence-corrected chi connectivity index (χ2v) is 6.77. The van der Waals surface area contributed by atoms with Crippen molar-refractivity contribution >= 4 is 23.6 Å². The van der Waals surface area contributed by atoms with Crippen LogP contribution in [0.1, 0.15) is 36.8 Å². The third-order valence-corrected chi connectivity index (χ3v) is 5.16. The summed E-state index contributed by atoms with van der Waals surface area (Å²) in [5.41, 5.74) is 2.34. The van der Waals surface area contributed by atoms with Crippen molar-refractivity contribution in [3.8, 4) is 0 Å². The van der Waals surface area contributed by atoms with Gasteiger partial charge in [0.1, 0.15) is 0 Å². The largest absolute Gasteiger partial charge is 0.481 e. The second kappa shape index (κ2) is 7.68. The Hall–Kier alpha value is -1.49. The molecule has 1 aliphatic carbocycles. The van der Waals surface area contributed by atoms with Gasteiger partial charge in [0.2, 0.25) is 5.91 Å². The average molecular weight is 321 g/mol. The van der Waals surface area contributed by atoms with Crippen molar-refractivity contribution in [2.24, 2.45) is 11.8 Å². The molecule has 1 fully saturated rings. The van der Waals surface area contributed by atoms with Gasteiger partial charge in [0.05, 0.1) is 5.92 Å². The lowest BCUT2D eigenvalue weighted by Gasteiger charge is -2.25. The van der Waals surface area contributed by atoms with E-state index in [0.717, 1.165) is 5.56 Å². The van der Waals surface area contributed by atoms with E-state index in [1.165, 1.54) is 10.5 Å². The molecule has 0 aromatic heterocycles. The zero-order valence-corrected chi connectivity index (χ0v) is 13.9. The molecule has 1 saturated carbocycles. The zero-order valence-electron chi connectivity index (χ0n) is 13.1. The lowest BCUT2D eigenvalue weighted by Crippen LogP contribution is -2.34. The van der Waals surface area contributed by atoms with Crippen molar-refractivity contribution in [2.45, 2.75) is 44.0 Å². The molecule has 0 saturated heterocycles. The minimum atomic E-state index is -0.733. The Balaban J connectivity index is 1.87. The predicted molar refractivity (Wildman–Crippen MR) is 87.9 cm³/mol. The fourth-order valence-electron chi connectivity index (χ4n) is 2.93. The molecule has 0 radical (unpaired) electrons. The van der Waals surface area contributed by atoms with E-state index in [2.05, 4.69) is 30.4 Å². The van der Waals surface area contributed by atoms with Crippen molar-refractivity contribution in [1.29, 1.82) is 0 Å². The van der Waals surface area contributed by atoms with Gasteiger partial charge in [-0.15, -0.1) is 11.8 Å². The first-order chi connectivity index (χ1) is 10.5. The third kappa shape index (κ3) is 4.26. The van der Waals surface area contributed by atoms with Crippen LogP contribution in [0, 0.1) is 18.8 Å². The maximum absolute atomic E-state index is 12.2. The number of aliphatic carboxylic acids is 1. The summed E-state index contributed by atoms with van der Waals surface area (Å²) in [6.45, 7) is 2.59. The Bertz CT molecular complexity index is 551. The molecule has 0 bridgehead atoms. The first-order valence-electron chi connectivity index (χ1n) is 7.65. The number of aryl methyl sites for hydroxylation is 1. The van der Waals surface area contributed by atoms with Gasteiger partial charge in [0.15, 0.2) is 0 Å². The molecule has 1 aliphatic rings. The molecule has 0 atom stereocenters. The summed E-state index contributed by atoms with van der Waals surface area (Å²) in [5, 5.41) is 12.0. The number of carboxylic acid groups (broad SMARTS) is 1. The normalized spacial score (nSPS) is 21.4. The fraction of sp³-hybridized carbons (Fsp3) is 0.529. The van der Waals surface area contributed by atoms with Gasteiger partial charge < -0.3 is 10.4 Å². The van der Waals surface area contributed by atoms with Crippen molar-refractivity contribution in [1.82, 2.24) is 5.32 Å². The predicted octanol–water partition coefficient (Wildman–Crippen LogP) is 3.22. The van der Waals surface area contributed by atoms with Gasteiger partial charge in [-0.3, -0.25) is 9.59 Å². The first-order valence-corrected chi connectivity index (χ1v) is 8.87. The van der Waals surface area contributed by atoms with Gasteiger partial charge in [-0.1, -0.05) is 12.1 Å². The SMILES string of the molecule is CSc1cc(C)ccc1CNC(=O)C1CCC(C(=O)O)CC1. The standard InChI is InChI=1S/C17H23NO3S/c1-11-3-4-14(15(9-11)22-2)10-18-16(19)12-5-7-13(8-6-12)17(20)21/h3-4,9,12-13H,5-8,10H2,1-2H3,(H,18,19)(H,20,21). The van der Waals surface area contributed by atoms with Gasteiger partial charge in [-0.2, -0.15) is 0 Å². The smallest absolute Gasteiger partial charge is 0.306 e. The second-order valence-electron chi connectivity index (χ2n) is 5.92. The molecule has 120 valence electrons. The average Bonchev–Trinajstić information content (AvgIpc) is 2.53. The Kier molecular flexibility index (Phi) is 5.89. The van der Waals surface area contributed by atoms with Gasteiger partial charge in [-0.05, 0) is 56.1 Å². The third-order valence-electron chi connectivity index (χ3n) is 4.34. The van der Waals surface area contributed by atoms with Crippen LogP contribution in [0.15, 0.2) is 23.1 Å². The molecule has 0 spiro atoms. The highest BCUT2D eigenvalue weighted by Crippen LogP contribution is 2.29. The first kappa shape index (κ1) is 16.9. The highest BCUT2D eigenvalue weighted by Gasteiger charge is 2.29. The van der Waals surface area contributed by atoms with Crippen LogP contribution in [0.3, 0.4) is 0 Å². The van der Waals surface area contributed by atoms with Crippen LogP contribution in [0.25, 0.3) is 0 Å². The highest BCUT2D eigenvalue weighted by molar-refractivity contribution is 7.98. The molecule has 2 rings (SSSR count). The number of nitrogens with one attached hydrogen (secondary N) is 1. The Morgan fingerprint density at radius 1 is 1.23 bits per heavy atom. The molecular weight excluding hydrogens is 298 g/mol. The van der Waals surface area contributed by atoms with Crippen molar-refractivity contribution in [3.63, 3.8) is 0 Å². The number of carbonyl (C=O) groups is 2. The number of benzene rings is 1. The number of carboxylic acids is 1. The van der Waals surface area contributed by atoms with Crippen LogP contribution < -0.4 is 5.32 Å². The molecule has 2 N–H and O–H groups in total. The summed E-state index contributed by atoms with van der Waals surface area (Å²) >= 11 is 1.68. The summed E-state index contributed by atoms with van der Waals surface area (Å²) in [4.78, 5) is 24.4. The highest BCUT2D eigenvalue weighted by atomic mass is 32.2. The lowest BCUT2D eigenvalue weighted by atomic mass is 9.81. The molecular formula is C17H23NO3S. The van der Waals surface area contributed by atoms with Crippen molar-refractivity contribution in [2.75, 3.05) is 6.26 Å². The number of carbonyl (C=O) groups excluding carboxylic acids is 1. The van der Waals surface area contributed by atoms with E-state index in [1.807, 2.05) is 6.26 Å². The number of amides is 1. The quantitative estimate of drug-likeness (QED) is 0.817. The molecule has 4 nitrogen and oxygen atoms in total. The molecule has 0 aliphatic heterocycles. The minimum absolute atomic E-state index is 0.0428. The molecule has 1 aromatic rings. The van der Waals surface area contributed by atoms with Gasteiger partial charge in [0, 0.05) is 17.4 Å². The summed E-state index contributed by atoms with van der Waals surface area (Å²) in [7, 11) is 0. The zero-order chi connectivity index (χ0) is 16.1. The van der Waals surface area contributed by atoms with Gasteiger partial charge in [0.25, 0.3) is 0 Å². The van der Waals surface area contributed by atoms with Crippen molar-refractivity contribution < 1.29 is 14.7 Å². The van der Waals surface area contributed by atoms with Crippen LogP contribution in [0.2, 0.25) is 0 Å². The maximum atomic E-state index is 12.2. The van der Waals surface area contributed by atoms with Crippen LogP contribution >= 0.6 is 11.8 Å². The van der Waals surface area contributed by atoms with E-state index >= 15 is 0 Å². The Morgan fingerprint density at radius 3 is 2.45 bits per heavy atom. The Morgan fingerprint density at radius 2 is 1.86 bits per heavy atom. The summed E-state index contributed by atoms with van der Waals surface area (Å²) < 4.78 is 0. The molecule has 5 heteroatoms. The van der Waals surface area contributed by atoms with Crippen molar-refractivity contribution in [3.05, 3.63) is 29.3 Å². The van der Waals surface area contributed by atoms with E-state index in [4.69, 9.17) is 5.11 Å². The summed E-state index contributed by atoms with van der Waals surface area (Å²) in [6.07, 6.45) is 4.59. The lowest BCUT2D eigenvalue weighted by molar-refractivity contribution is -0.144. The number of thioether (sulfide) groups is 1. The summed E-state index contributed by atoms with van der Waals surface area (Å²) in [6, 6.07) is 6.24. The molecule has 0 heterocycles. The van der Waals surface area contributed by atoms with E-state index in [9.17, 15) is 9.59 Å². The number of hydrogen-bond acceptors (Lipinski definition) is 3.